The van der Waals surface area contributed by atoms with Crippen LogP contribution < -0.4 is 10.5 Å². The number of ether oxygens (including phenoxy) is 1. The number of aliphatic hydroxyl groups excluding tert-OH is 1. The second-order valence-electron chi connectivity index (χ2n) is 3.38. The van der Waals surface area contributed by atoms with Gasteiger partial charge in [-0.2, -0.15) is 0 Å². The van der Waals surface area contributed by atoms with Gasteiger partial charge in [0.15, 0.2) is 0 Å². The monoisotopic (exact) mass is 241 g/mol. The fraction of sp³-hybridized carbons (Fsp3) is 0.222. The maximum Gasteiger partial charge on any atom is 0.377 e. The fourth-order valence-corrected chi connectivity index (χ4v) is 1.27. The number of hydrogen-bond donors (Lipinski definition) is 5. The summed E-state index contributed by atoms with van der Waals surface area (Å²) in [6, 6.07) is 5.04. The van der Waals surface area contributed by atoms with Gasteiger partial charge in [-0.3, -0.25) is 0 Å². The van der Waals surface area contributed by atoms with Gasteiger partial charge in [0.1, 0.15) is 5.69 Å². The summed E-state index contributed by atoms with van der Waals surface area (Å²) in [5, 5.41) is 39.4. The highest BCUT2D eigenvalue weighted by atomic mass is 16.8. The Morgan fingerprint density at radius 3 is 2.65 bits per heavy atom. The molecule has 0 atom stereocenters. The third kappa shape index (κ3) is 2.01. The van der Waals surface area contributed by atoms with E-state index in [0.717, 1.165) is 0 Å². The van der Waals surface area contributed by atoms with Crippen LogP contribution in [0.4, 0.5) is 5.69 Å². The molecule has 0 amide bonds. The van der Waals surface area contributed by atoms with Crippen molar-refractivity contribution in [2.45, 2.75) is 12.3 Å². The summed E-state index contributed by atoms with van der Waals surface area (Å²) in [5.41, 5.74) is 6.20. The molecule has 17 heavy (non-hydrogen) atoms. The second kappa shape index (κ2) is 3.86. The van der Waals surface area contributed by atoms with E-state index in [0.29, 0.717) is 5.52 Å². The number of fused-ring (bicyclic) bond motifs is 1. The van der Waals surface area contributed by atoms with Crippen molar-refractivity contribution in [2.24, 2.45) is 0 Å². The summed E-state index contributed by atoms with van der Waals surface area (Å²) < 4.78 is 5.88. The normalized spacial score (nSPS) is 12.3. The molecule has 8 heteroatoms. The number of nitrogens with two attached hydrogens (primary N) is 1. The molecule has 0 unspecified atom stereocenters. The highest BCUT2D eigenvalue weighted by molar-refractivity contribution is 5.74. The van der Waals surface area contributed by atoms with Crippen LogP contribution in [-0.2, 0) is 0 Å². The lowest BCUT2D eigenvalue weighted by molar-refractivity contribution is -0.381. The molecular formula is C9H11N3O5. The Morgan fingerprint density at radius 1 is 1.35 bits per heavy atom. The summed E-state index contributed by atoms with van der Waals surface area (Å²) in [6.07, 6.45) is -0.934. The van der Waals surface area contributed by atoms with Crippen molar-refractivity contribution in [1.82, 2.24) is 9.61 Å². The Hall–Kier alpha value is -1.87. The molecule has 0 aliphatic carbocycles. The molecule has 2 aromatic heterocycles. The van der Waals surface area contributed by atoms with Gasteiger partial charge in [-0.15, -0.1) is 5.10 Å². The number of nitrogen functional groups attached to an aromatic ring is 1. The maximum atomic E-state index is 9.12. The van der Waals surface area contributed by atoms with Crippen molar-refractivity contribution < 1.29 is 25.2 Å². The van der Waals surface area contributed by atoms with Crippen molar-refractivity contribution in [3.8, 4) is 5.88 Å². The topological polar surface area (TPSA) is 133 Å². The van der Waals surface area contributed by atoms with Gasteiger partial charge in [0.25, 0.3) is 5.88 Å². The van der Waals surface area contributed by atoms with Crippen LogP contribution in [0.5, 0.6) is 5.88 Å². The highest BCUT2D eigenvalue weighted by Gasteiger charge is 2.36. The van der Waals surface area contributed by atoms with E-state index >= 15 is 0 Å². The molecular weight excluding hydrogens is 230 g/mol. The Labute approximate surface area is 95.1 Å². The Kier molecular flexibility index (Phi) is 2.63. The number of aromatic nitrogens is 2. The molecule has 2 rings (SSSR count). The van der Waals surface area contributed by atoms with Gasteiger partial charge in [0, 0.05) is 6.20 Å². The molecule has 0 radical (unpaired) electrons. The average molecular weight is 241 g/mol. The standard InChI is InChI=1S/C9H11N3O5/c10-6-5-3-1-2-4-12(5)11-7(6)17-9(15,16)8(13)14/h1-4,8,13-16H,10H2. The molecule has 2 aromatic rings. The molecule has 0 saturated carbocycles. The van der Waals surface area contributed by atoms with Crippen LogP contribution in [0.3, 0.4) is 0 Å². The van der Waals surface area contributed by atoms with E-state index in [9.17, 15) is 0 Å². The minimum Gasteiger partial charge on any atom is -0.414 e. The van der Waals surface area contributed by atoms with Crippen LogP contribution in [0.15, 0.2) is 24.4 Å². The molecule has 0 aliphatic heterocycles. The first-order valence-electron chi connectivity index (χ1n) is 4.64. The largest absolute Gasteiger partial charge is 0.414 e. The number of rotatable bonds is 3. The summed E-state index contributed by atoms with van der Waals surface area (Å²) >= 11 is 0. The quantitative estimate of drug-likeness (QED) is 0.402. The lowest BCUT2D eigenvalue weighted by atomic mass is 10.3. The zero-order chi connectivity index (χ0) is 12.6. The first kappa shape index (κ1) is 11.6. The van der Waals surface area contributed by atoms with Crippen molar-refractivity contribution in [3.63, 3.8) is 0 Å². The minimum absolute atomic E-state index is 0.0544. The highest BCUT2D eigenvalue weighted by Crippen LogP contribution is 2.27. The molecule has 0 spiro atoms. The van der Waals surface area contributed by atoms with Crippen molar-refractivity contribution >= 4 is 11.2 Å². The Morgan fingerprint density at radius 2 is 2.06 bits per heavy atom. The van der Waals surface area contributed by atoms with Gasteiger partial charge in [0.05, 0.1) is 5.52 Å². The molecule has 0 saturated heterocycles. The van der Waals surface area contributed by atoms with Crippen LogP contribution >= 0.6 is 0 Å². The Balaban J connectivity index is 2.40. The minimum atomic E-state index is -3.17. The number of pyridine rings is 1. The van der Waals surface area contributed by atoms with Gasteiger partial charge in [-0.25, -0.2) is 4.52 Å². The summed E-state index contributed by atoms with van der Waals surface area (Å²) in [5.74, 6) is -3.49. The predicted molar refractivity (Wildman–Crippen MR) is 55.6 cm³/mol. The zero-order valence-corrected chi connectivity index (χ0v) is 8.56. The van der Waals surface area contributed by atoms with E-state index in [1.807, 2.05) is 0 Å². The van der Waals surface area contributed by atoms with Gasteiger partial charge < -0.3 is 30.9 Å². The zero-order valence-electron chi connectivity index (χ0n) is 8.56. The first-order valence-corrected chi connectivity index (χ1v) is 4.64. The summed E-state index contributed by atoms with van der Waals surface area (Å²) in [7, 11) is 0. The van der Waals surface area contributed by atoms with Crippen LogP contribution in [0.25, 0.3) is 5.52 Å². The second-order valence-corrected chi connectivity index (χ2v) is 3.38. The number of anilines is 1. The first-order chi connectivity index (χ1) is 7.92. The molecule has 0 aliphatic rings. The van der Waals surface area contributed by atoms with E-state index in [-0.39, 0.29) is 11.6 Å². The van der Waals surface area contributed by atoms with E-state index < -0.39 is 12.3 Å². The predicted octanol–water partition coefficient (Wildman–Crippen LogP) is -1.76. The maximum absolute atomic E-state index is 9.12. The third-order valence-corrected chi connectivity index (χ3v) is 2.13. The molecule has 6 N–H and O–H groups in total. The lowest BCUT2D eigenvalue weighted by Gasteiger charge is -2.22. The molecule has 2 heterocycles. The van der Waals surface area contributed by atoms with Crippen molar-refractivity contribution in [1.29, 1.82) is 0 Å². The van der Waals surface area contributed by atoms with Crippen molar-refractivity contribution in [3.05, 3.63) is 24.4 Å². The van der Waals surface area contributed by atoms with Crippen LogP contribution in [0.2, 0.25) is 0 Å². The molecule has 0 bridgehead atoms. The van der Waals surface area contributed by atoms with E-state index in [1.165, 1.54) is 4.52 Å². The van der Waals surface area contributed by atoms with Crippen LogP contribution in [0, 0.1) is 0 Å². The van der Waals surface area contributed by atoms with Gasteiger partial charge >= 0.3 is 5.97 Å². The van der Waals surface area contributed by atoms with E-state index in [2.05, 4.69) is 9.84 Å². The molecule has 0 aromatic carbocycles. The number of hydrogen-bond acceptors (Lipinski definition) is 7. The lowest BCUT2D eigenvalue weighted by Crippen LogP contribution is -2.47. The van der Waals surface area contributed by atoms with E-state index in [1.54, 1.807) is 24.4 Å². The van der Waals surface area contributed by atoms with E-state index in [4.69, 9.17) is 26.2 Å². The van der Waals surface area contributed by atoms with Crippen molar-refractivity contribution in [2.75, 3.05) is 5.73 Å². The fourth-order valence-electron chi connectivity index (χ4n) is 1.27. The molecule has 8 nitrogen and oxygen atoms in total. The SMILES string of the molecule is Nc1c(OC(O)(O)C(O)O)nn2ccccc12. The summed E-state index contributed by atoms with van der Waals surface area (Å²) in [4.78, 5) is 0. The average Bonchev–Trinajstić information content (AvgIpc) is 2.56. The van der Waals surface area contributed by atoms with Crippen LogP contribution in [0.1, 0.15) is 0 Å². The number of nitrogens with zero attached hydrogens (tertiary/aromatic N) is 2. The van der Waals surface area contributed by atoms with Crippen LogP contribution in [-0.4, -0.2) is 42.3 Å². The smallest absolute Gasteiger partial charge is 0.377 e. The van der Waals surface area contributed by atoms with Gasteiger partial charge in [-0.1, -0.05) is 6.07 Å². The third-order valence-electron chi connectivity index (χ3n) is 2.13. The number of aliphatic hydroxyl groups is 4. The van der Waals surface area contributed by atoms with Gasteiger partial charge in [0.2, 0.25) is 6.29 Å². The molecule has 92 valence electrons. The Bertz CT molecular complexity index is 536. The molecule has 0 fully saturated rings. The van der Waals surface area contributed by atoms with Gasteiger partial charge in [-0.05, 0) is 12.1 Å². The summed E-state index contributed by atoms with van der Waals surface area (Å²) in [6.45, 7) is 0.